The fourth-order valence-corrected chi connectivity index (χ4v) is 5.99. The number of ketones is 1. The molecule has 7 N–H and O–H groups in total. The van der Waals surface area contributed by atoms with E-state index in [9.17, 15) is 14.7 Å². The van der Waals surface area contributed by atoms with Crippen molar-refractivity contribution in [3.63, 3.8) is 0 Å². The largest absolute Gasteiger partial charge is 1.00 e. The van der Waals surface area contributed by atoms with Gasteiger partial charge in [0.1, 0.15) is 16.3 Å². The average Bonchev–Trinajstić information content (AvgIpc) is 2.78. The maximum atomic E-state index is 12.4. The van der Waals surface area contributed by atoms with E-state index in [1.807, 2.05) is 6.08 Å². The third-order valence-electron chi connectivity index (χ3n) is 4.58. The quantitative estimate of drug-likeness (QED) is 0.141. The molecule has 0 saturated carbocycles. The predicted octanol–water partition coefficient (Wildman–Crippen LogP) is 3.80. The summed E-state index contributed by atoms with van der Waals surface area (Å²) in [5, 5.41) is 20.8. The van der Waals surface area contributed by atoms with E-state index in [-0.39, 0.29) is 69.1 Å². The first kappa shape index (κ1) is 42.8. The Labute approximate surface area is 290 Å². The van der Waals surface area contributed by atoms with Crippen molar-refractivity contribution in [1.82, 2.24) is 0 Å². The van der Waals surface area contributed by atoms with Gasteiger partial charge in [0.05, 0.1) is 10.5 Å². The van der Waals surface area contributed by atoms with Crippen LogP contribution in [0.25, 0.3) is 17.9 Å². The number of carbonyl (C=O) groups is 2. The number of fused-ring (bicyclic) bond motifs is 2. The molecule has 0 aromatic heterocycles. The van der Waals surface area contributed by atoms with Crippen molar-refractivity contribution in [2.24, 2.45) is 11.3 Å². The molecule has 38 heavy (non-hydrogen) atoms. The Balaban J connectivity index is -0.00000112. The van der Waals surface area contributed by atoms with E-state index in [0.29, 0.717) is 25.9 Å². The summed E-state index contributed by atoms with van der Waals surface area (Å²) in [6.45, 7) is 0. The first-order valence-corrected chi connectivity index (χ1v) is 17.4. The van der Waals surface area contributed by atoms with Crippen LogP contribution < -0.4 is 34.7 Å². The number of rotatable bonds is 2. The van der Waals surface area contributed by atoms with Crippen LogP contribution in [-0.4, -0.2) is 17.9 Å². The van der Waals surface area contributed by atoms with Crippen LogP contribution in [0.4, 0.5) is 0 Å². The van der Waals surface area contributed by atoms with Crippen LogP contribution in [0.5, 0.6) is 0 Å². The van der Waals surface area contributed by atoms with E-state index in [4.69, 9.17) is 33.7 Å². The molecule has 2 atom stereocenters. The summed E-state index contributed by atoms with van der Waals surface area (Å²) in [7, 11) is 9.75. The van der Waals surface area contributed by atoms with Gasteiger partial charge in [-0.05, 0) is 55.0 Å². The van der Waals surface area contributed by atoms with Gasteiger partial charge in [-0.3, -0.25) is 4.79 Å². The van der Waals surface area contributed by atoms with E-state index in [1.165, 1.54) is 6.07 Å². The third kappa shape index (κ3) is 10.0. The Morgan fingerprint density at radius 1 is 1.13 bits per heavy atom. The Morgan fingerprint density at radius 3 is 2.18 bits per heavy atom. The van der Waals surface area contributed by atoms with E-state index < -0.39 is 28.6 Å². The zero-order valence-electron chi connectivity index (χ0n) is 18.8. The molecule has 4 rings (SSSR count). The van der Waals surface area contributed by atoms with Crippen molar-refractivity contribution in [2.75, 3.05) is 0 Å². The molecule has 2 unspecified atom stereocenters. The van der Waals surface area contributed by atoms with Gasteiger partial charge >= 0.3 is 64.9 Å². The molecular formula is C20H15Br4Cl2N3NaO7Pt-. The van der Waals surface area contributed by atoms with Gasteiger partial charge in [0.25, 0.3) is 0 Å². The molecule has 0 fully saturated rings. The number of carboxylic acid groups (broad SMARTS) is 1. The smallest absolute Gasteiger partial charge is 0.693 e. The number of allylic oxidation sites excluding steroid dienone is 5. The molecule has 1 heterocycles. The van der Waals surface area contributed by atoms with Gasteiger partial charge in [-0.1, -0.05) is 60.6 Å². The number of benzene rings is 1. The number of carbonyl (C=O) groups excluding carboxylic acids is 2. The number of hydrogen-bond acceptors (Lipinski definition) is 7. The maximum Gasteiger partial charge on any atom is 1.00 e. The van der Waals surface area contributed by atoms with Crippen molar-refractivity contribution >= 4 is 99.9 Å². The maximum absolute atomic E-state index is 12.4. The van der Waals surface area contributed by atoms with E-state index in [2.05, 4.69) is 69.8 Å². The van der Waals surface area contributed by atoms with Gasteiger partial charge in [0.15, 0.2) is 0 Å². The molecule has 1 aromatic carbocycles. The second-order valence-electron chi connectivity index (χ2n) is 6.30. The summed E-state index contributed by atoms with van der Waals surface area (Å²) in [5.41, 5.74) is 1.94. The van der Waals surface area contributed by atoms with Crippen molar-refractivity contribution in [1.29, 1.82) is 0 Å². The molecule has 0 radical (unpaired) electrons. The molecule has 18 heteroatoms. The zero-order chi connectivity index (χ0) is 25.6. The molecule has 0 amide bonds. The first-order chi connectivity index (χ1) is 16.1. The number of hydrogen-bond donors (Lipinski definition) is 0. The Morgan fingerprint density at radius 2 is 1.66 bits per heavy atom. The van der Waals surface area contributed by atoms with Crippen molar-refractivity contribution in [3.8, 4) is 0 Å². The number of ether oxygens (including phenoxy) is 1. The van der Waals surface area contributed by atoms with Gasteiger partial charge in [-0.25, -0.2) is 12.2 Å². The minimum atomic E-state index is -1.27. The molecule has 1 aromatic rings. The summed E-state index contributed by atoms with van der Waals surface area (Å²) >= 11 is 13.1. The minimum absolute atomic E-state index is 0. The molecule has 0 bridgehead atoms. The molecule has 10 nitrogen and oxygen atoms in total. The number of nitrogens with two attached hydrogens (primary N) is 2. The first-order valence-electron chi connectivity index (χ1n) is 8.60. The Bertz CT molecular complexity index is 1200. The van der Waals surface area contributed by atoms with Crippen LogP contribution in [0.3, 0.4) is 0 Å². The van der Waals surface area contributed by atoms with E-state index >= 15 is 0 Å². The Kier molecular flexibility index (Phi) is 22.8. The third-order valence-corrected chi connectivity index (χ3v) is 7.00. The molecule has 0 spiro atoms. The zero-order valence-corrected chi connectivity index (χ0v) is 31.0. The second kappa shape index (κ2) is 20.2. The van der Waals surface area contributed by atoms with Crippen LogP contribution in [0.2, 0.25) is 0 Å². The summed E-state index contributed by atoms with van der Waals surface area (Å²) in [6, 6.07) is 6.66. The van der Waals surface area contributed by atoms with Gasteiger partial charge in [-0.2, -0.15) is 4.48 Å². The molecule has 206 valence electrons. The van der Waals surface area contributed by atoms with Crippen molar-refractivity contribution in [2.45, 2.75) is 6.10 Å². The van der Waals surface area contributed by atoms with E-state index in [0.717, 1.165) is 15.4 Å². The van der Waals surface area contributed by atoms with Gasteiger partial charge in [-0.15, -0.1) is 5.34 Å². The summed E-state index contributed by atoms with van der Waals surface area (Å²) in [5.74, 6) is -1.47. The number of nitrogens with zero attached hydrogens (tertiary/aromatic N) is 1. The predicted molar refractivity (Wildman–Crippen MR) is 153 cm³/mol. The number of Topliss-reactive ketones (excluding diaryl/α,β-unsaturated/α-hetero) is 1. The standard InChI is InChI=1S/C20H9Br4O4.2ClH.HNO2.2H2N.Na.H2O.Pt/c21-8-5-11-15(9-3-1-2-4-10(9)20(26)27)12-7-13(22)17(25)16(24)19(12)28-18(11)14(23)6-8;;;2-1-3;;;;;/h1-5,7,11,18H,(H,26,27);2*1H;(H,2,3);2*1H2;;1H2;/q-1;;;;2*-1;+1;;+4/p-3. The molecule has 2 aliphatic carbocycles. The molecule has 0 saturated heterocycles. The van der Waals surface area contributed by atoms with Crippen LogP contribution in [0, 0.1) is 22.1 Å². The minimum Gasteiger partial charge on any atom is -0.693 e. The molecule has 3 aliphatic rings. The molecule has 1 aliphatic heterocycles. The SMILES string of the molecule is O=C1C(Br)=CC2=C(c3ccccc3C(=O)[O-])C3C=C(Br)[C-]=C(Br)C3OC2=C1Br.O=N[O-].[Cl][Pt+2][Cl].[NH2-].[NH2-].[Na+].[OH3+]. The Hall–Kier alpha value is 0.328. The van der Waals surface area contributed by atoms with Crippen molar-refractivity contribution in [3.05, 3.63) is 105 Å². The summed E-state index contributed by atoms with van der Waals surface area (Å²) < 4.78 is 8.15. The van der Waals surface area contributed by atoms with Crippen molar-refractivity contribution < 1.29 is 70.9 Å². The summed E-state index contributed by atoms with van der Waals surface area (Å²) in [4.78, 5) is 32.2. The van der Waals surface area contributed by atoms with Gasteiger partial charge in [0.2, 0.25) is 5.78 Å². The van der Waals surface area contributed by atoms with Crippen LogP contribution in [0.15, 0.2) is 71.0 Å². The fourth-order valence-electron chi connectivity index (χ4n) is 3.42. The topological polar surface area (TPSA) is 219 Å². The number of halogens is 6. The van der Waals surface area contributed by atoms with Crippen LogP contribution in [0.1, 0.15) is 15.9 Å². The number of carboxylic acids is 1. The van der Waals surface area contributed by atoms with Gasteiger partial charge in [0, 0.05) is 11.1 Å². The normalized spacial score (nSPS) is 18.6. The fraction of sp³-hybridized carbons (Fsp3) is 0.100. The van der Waals surface area contributed by atoms with Crippen LogP contribution >= 0.6 is 82.6 Å². The van der Waals surface area contributed by atoms with Crippen LogP contribution in [-0.2, 0) is 31.5 Å². The van der Waals surface area contributed by atoms with E-state index in [1.54, 1.807) is 24.3 Å². The molecular weight excluding hydrogens is 1000 g/mol. The monoisotopic (exact) mass is 1010 g/mol. The average molecular weight is 1020 g/mol. The summed E-state index contributed by atoms with van der Waals surface area (Å²) in [6.07, 6.45) is 6.19. The van der Waals surface area contributed by atoms with Gasteiger partial charge < -0.3 is 42.5 Å². The number of aromatic carboxylic acids is 1. The second-order valence-corrected chi connectivity index (χ2v) is 12.9.